The van der Waals surface area contributed by atoms with Crippen molar-refractivity contribution in [3.05, 3.63) is 36.0 Å². The zero-order valence-electron chi connectivity index (χ0n) is 9.76. The van der Waals surface area contributed by atoms with Crippen LogP contribution in [0.15, 0.2) is 30.5 Å². The van der Waals surface area contributed by atoms with Crippen LogP contribution in [0.5, 0.6) is 5.75 Å². The first-order valence-electron chi connectivity index (χ1n) is 6.12. The van der Waals surface area contributed by atoms with Gasteiger partial charge in [0.15, 0.2) is 0 Å². The van der Waals surface area contributed by atoms with Crippen LogP contribution in [0, 0.1) is 0 Å². The van der Waals surface area contributed by atoms with Crippen molar-refractivity contribution in [1.29, 1.82) is 0 Å². The summed E-state index contributed by atoms with van der Waals surface area (Å²) in [6, 6.07) is 8.00. The molecule has 2 aromatic rings. The highest BCUT2D eigenvalue weighted by Crippen LogP contribution is 2.27. The Bertz CT molecular complexity index is 533. The van der Waals surface area contributed by atoms with Crippen LogP contribution < -0.4 is 0 Å². The summed E-state index contributed by atoms with van der Waals surface area (Å²) in [4.78, 5) is 6.64. The summed E-state index contributed by atoms with van der Waals surface area (Å²) in [6.45, 7) is 3.10. The van der Waals surface area contributed by atoms with Crippen molar-refractivity contribution in [2.45, 2.75) is 19.4 Å². The first-order chi connectivity index (χ1) is 8.34. The monoisotopic (exact) mass is 228 g/mol. The Morgan fingerprint density at radius 3 is 2.76 bits per heavy atom. The lowest BCUT2D eigenvalue weighted by Crippen LogP contribution is -2.18. The fraction of sp³-hybridized carbons (Fsp3) is 0.357. The second-order valence-electron chi connectivity index (χ2n) is 4.62. The maximum atomic E-state index is 9.98. The molecule has 0 bridgehead atoms. The minimum atomic E-state index is 0.315. The van der Waals surface area contributed by atoms with Gasteiger partial charge >= 0.3 is 0 Å². The highest BCUT2D eigenvalue weighted by molar-refractivity contribution is 5.83. The van der Waals surface area contributed by atoms with Crippen LogP contribution in [-0.2, 0) is 6.54 Å². The maximum absolute atomic E-state index is 9.98. The fourth-order valence-electron chi connectivity index (χ4n) is 2.52. The van der Waals surface area contributed by atoms with Crippen LogP contribution >= 0.6 is 0 Å². The number of rotatable bonds is 2. The minimum absolute atomic E-state index is 0.315. The molecule has 3 heteroatoms. The highest BCUT2D eigenvalue weighted by atomic mass is 16.3. The molecular formula is C14H16N2O. The van der Waals surface area contributed by atoms with Gasteiger partial charge in [-0.2, -0.15) is 0 Å². The van der Waals surface area contributed by atoms with Gasteiger partial charge in [0, 0.05) is 17.5 Å². The van der Waals surface area contributed by atoms with Crippen molar-refractivity contribution in [2.75, 3.05) is 13.1 Å². The van der Waals surface area contributed by atoms with E-state index in [2.05, 4.69) is 9.88 Å². The molecule has 3 rings (SSSR count). The van der Waals surface area contributed by atoms with Gasteiger partial charge in [-0.25, -0.2) is 0 Å². The van der Waals surface area contributed by atoms with Gasteiger partial charge in [0.25, 0.3) is 0 Å². The lowest BCUT2D eigenvalue weighted by atomic mass is 10.1. The number of hydrogen-bond donors (Lipinski definition) is 1. The second-order valence-corrected chi connectivity index (χ2v) is 4.62. The molecule has 3 nitrogen and oxygen atoms in total. The fourth-order valence-corrected chi connectivity index (χ4v) is 2.52. The molecule has 1 aromatic heterocycles. The molecule has 0 unspecified atom stereocenters. The van der Waals surface area contributed by atoms with Crippen LogP contribution in [0.25, 0.3) is 10.9 Å². The van der Waals surface area contributed by atoms with Gasteiger partial charge in [0.05, 0.1) is 11.7 Å². The zero-order chi connectivity index (χ0) is 11.7. The number of aromatic nitrogens is 1. The highest BCUT2D eigenvalue weighted by Gasteiger charge is 2.15. The molecule has 17 heavy (non-hydrogen) atoms. The summed E-state index contributed by atoms with van der Waals surface area (Å²) in [6.07, 6.45) is 4.10. The first kappa shape index (κ1) is 10.5. The largest absolute Gasteiger partial charge is 0.506 e. The summed E-state index contributed by atoms with van der Waals surface area (Å²) >= 11 is 0. The van der Waals surface area contributed by atoms with Crippen molar-refractivity contribution in [1.82, 2.24) is 9.88 Å². The van der Waals surface area contributed by atoms with Gasteiger partial charge in [0.1, 0.15) is 5.75 Å². The predicted octanol–water partition coefficient (Wildman–Crippen LogP) is 2.54. The number of hydrogen-bond acceptors (Lipinski definition) is 3. The zero-order valence-corrected chi connectivity index (χ0v) is 9.76. The van der Waals surface area contributed by atoms with E-state index >= 15 is 0 Å². The van der Waals surface area contributed by atoms with E-state index < -0.39 is 0 Å². The normalized spacial score (nSPS) is 16.7. The molecule has 88 valence electrons. The maximum Gasteiger partial charge on any atom is 0.139 e. The van der Waals surface area contributed by atoms with Gasteiger partial charge in [-0.1, -0.05) is 18.2 Å². The van der Waals surface area contributed by atoms with E-state index in [1.165, 1.54) is 12.8 Å². The molecule has 0 spiro atoms. The number of benzene rings is 1. The number of fused-ring (bicyclic) bond motifs is 1. The molecule has 0 atom stereocenters. The average molecular weight is 228 g/mol. The van der Waals surface area contributed by atoms with Crippen LogP contribution in [0.4, 0.5) is 0 Å². The lowest BCUT2D eigenvalue weighted by Gasteiger charge is -2.16. The van der Waals surface area contributed by atoms with Crippen molar-refractivity contribution in [3.63, 3.8) is 0 Å². The van der Waals surface area contributed by atoms with Crippen molar-refractivity contribution < 1.29 is 5.11 Å². The molecule has 0 radical (unpaired) electrons. The third kappa shape index (κ3) is 1.98. The molecule has 1 saturated heterocycles. The minimum Gasteiger partial charge on any atom is -0.506 e. The molecule has 1 fully saturated rings. The second kappa shape index (κ2) is 4.34. The SMILES string of the molecule is Oc1cnc2ccccc2c1CN1CCCC1. The molecule has 0 amide bonds. The van der Waals surface area contributed by atoms with Crippen molar-refractivity contribution >= 4 is 10.9 Å². The van der Waals surface area contributed by atoms with Gasteiger partial charge < -0.3 is 5.11 Å². The van der Waals surface area contributed by atoms with E-state index in [1.807, 2.05) is 24.3 Å². The Kier molecular flexibility index (Phi) is 2.69. The lowest BCUT2D eigenvalue weighted by molar-refractivity contribution is 0.325. The molecule has 0 saturated carbocycles. The van der Waals surface area contributed by atoms with Gasteiger partial charge in [-0.3, -0.25) is 9.88 Å². The molecule has 0 aliphatic carbocycles. The summed E-state index contributed by atoms with van der Waals surface area (Å²) in [5, 5.41) is 11.0. The number of aromatic hydroxyl groups is 1. The van der Waals surface area contributed by atoms with Gasteiger partial charge in [-0.05, 0) is 32.0 Å². The molecular weight excluding hydrogens is 212 g/mol. The summed E-state index contributed by atoms with van der Waals surface area (Å²) < 4.78 is 0. The van der Waals surface area contributed by atoms with Crippen LogP contribution in [0.3, 0.4) is 0 Å². The van der Waals surface area contributed by atoms with Gasteiger partial charge in [-0.15, -0.1) is 0 Å². The average Bonchev–Trinajstić information content (AvgIpc) is 2.86. The molecule has 1 N–H and O–H groups in total. The quantitative estimate of drug-likeness (QED) is 0.858. The molecule has 2 heterocycles. The topological polar surface area (TPSA) is 36.4 Å². The van der Waals surface area contributed by atoms with Crippen molar-refractivity contribution in [2.24, 2.45) is 0 Å². The molecule has 1 aliphatic heterocycles. The number of pyridine rings is 1. The smallest absolute Gasteiger partial charge is 0.139 e. The number of likely N-dealkylation sites (tertiary alicyclic amines) is 1. The summed E-state index contributed by atoms with van der Waals surface area (Å²) in [5.41, 5.74) is 1.97. The van der Waals surface area contributed by atoms with Gasteiger partial charge in [0.2, 0.25) is 0 Å². The number of nitrogens with zero attached hydrogens (tertiary/aromatic N) is 2. The van der Waals surface area contributed by atoms with Crippen LogP contribution in [0.1, 0.15) is 18.4 Å². The predicted molar refractivity (Wildman–Crippen MR) is 67.9 cm³/mol. The Morgan fingerprint density at radius 2 is 1.94 bits per heavy atom. The number of para-hydroxylation sites is 1. The molecule has 1 aromatic carbocycles. The Labute approximate surface area is 101 Å². The van der Waals surface area contributed by atoms with Crippen LogP contribution in [-0.4, -0.2) is 28.1 Å². The first-order valence-corrected chi connectivity index (χ1v) is 6.12. The van der Waals surface area contributed by atoms with Crippen molar-refractivity contribution in [3.8, 4) is 5.75 Å². The standard InChI is InChI=1S/C14H16N2O/c17-14-9-15-13-6-2-1-5-11(13)12(14)10-16-7-3-4-8-16/h1-2,5-6,9,17H,3-4,7-8,10H2. The third-order valence-electron chi connectivity index (χ3n) is 3.44. The third-order valence-corrected chi connectivity index (χ3v) is 3.44. The van der Waals surface area contributed by atoms with E-state index in [1.54, 1.807) is 6.20 Å². The van der Waals surface area contributed by atoms with Crippen LogP contribution in [0.2, 0.25) is 0 Å². The Hall–Kier alpha value is -1.61. The summed E-state index contributed by atoms with van der Waals surface area (Å²) in [5.74, 6) is 0.315. The van der Waals surface area contributed by atoms with E-state index in [0.29, 0.717) is 5.75 Å². The van der Waals surface area contributed by atoms with E-state index in [9.17, 15) is 5.11 Å². The Balaban J connectivity index is 2.03. The van der Waals surface area contributed by atoms with E-state index in [-0.39, 0.29) is 0 Å². The van der Waals surface area contributed by atoms with E-state index in [4.69, 9.17) is 0 Å². The van der Waals surface area contributed by atoms with E-state index in [0.717, 1.165) is 36.1 Å². The Morgan fingerprint density at radius 1 is 1.18 bits per heavy atom. The summed E-state index contributed by atoms with van der Waals surface area (Å²) in [7, 11) is 0. The molecule has 1 aliphatic rings.